The maximum atomic E-state index is 6.25. The molecule has 0 aliphatic carbocycles. The summed E-state index contributed by atoms with van der Waals surface area (Å²) in [5.41, 5.74) is 14.5. The van der Waals surface area contributed by atoms with Crippen molar-refractivity contribution in [3.8, 4) is 44.5 Å². The molecule has 58 heavy (non-hydrogen) atoms. The van der Waals surface area contributed by atoms with Gasteiger partial charge in [0.2, 0.25) is 0 Å². The smallest absolute Gasteiger partial charge is 0.136 e. The molecule has 11 rings (SSSR count). The van der Waals surface area contributed by atoms with Gasteiger partial charge in [-0.3, -0.25) is 0 Å². The summed E-state index contributed by atoms with van der Waals surface area (Å²) in [6, 6.07) is 80.8. The molecule has 0 amide bonds. The first-order valence-electron chi connectivity index (χ1n) is 19.8. The summed E-state index contributed by atoms with van der Waals surface area (Å²) in [5, 5.41) is 7.26. The SMILES string of the molecule is c1cc(-c2ccc(-c3ccc4ccccc4c3)cc2)cc(N(c2ccc(-c3cccc4oc5ccccc5c34)cc2)c2cccc(-c3ccc4ccccc4c3)c2)c1. The van der Waals surface area contributed by atoms with E-state index in [4.69, 9.17) is 4.42 Å². The van der Waals surface area contributed by atoms with Gasteiger partial charge in [0.1, 0.15) is 11.2 Å². The van der Waals surface area contributed by atoms with Crippen molar-refractivity contribution >= 4 is 60.5 Å². The zero-order valence-corrected chi connectivity index (χ0v) is 31.7. The maximum absolute atomic E-state index is 6.25. The van der Waals surface area contributed by atoms with E-state index in [1.165, 1.54) is 49.4 Å². The van der Waals surface area contributed by atoms with Gasteiger partial charge in [0.25, 0.3) is 0 Å². The molecule has 0 aliphatic heterocycles. The molecule has 0 saturated heterocycles. The summed E-state index contributed by atoms with van der Waals surface area (Å²) in [6.07, 6.45) is 0. The summed E-state index contributed by atoms with van der Waals surface area (Å²) < 4.78 is 6.25. The summed E-state index contributed by atoms with van der Waals surface area (Å²) in [7, 11) is 0. The molecule has 0 fully saturated rings. The van der Waals surface area contributed by atoms with Crippen LogP contribution in [0.3, 0.4) is 0 Å². The highest BCUT2D eigenvalue weighted by molar-refractivity contribution is 6.12. The largest absolute Gasteiger partial charge is 0.456 e. The maximum Gasteiger partial charge on any atom is 0.136 e. The van der Waals surface area contributed by atoms with Crippen molar-refractivity contribution < 1.29 is 4.42 Å². The van der Waals surface area contributed by atoms with Crippen LogP contribution in [0.1, 0.15) is 0 Å². The minimum Gasteiger partial charge on any atom is -0.456 e. The lowest BCUT2D eigenvalue weighted by Crippen LogP contribution is -2.10. The Bertz CT molecular complexity index is 3280. The standard InChI is InChI=1S/C56H37NO/c1-3-12-43-34-47(28-26-38(43)10-1)41-24-22-40(23-25-41)45-14-7-16-50(36-45)57(51-17-8-15-46(37-51)48-29-27-39-11-2-4-13-44(39)35-48)49-32-30-42(31-33-49)52-19-9-21-55-56(52)53-18-5-6-20-54(53)58-55/h1-37H. The fourth-order valence-corrected chi connectivity index (χ4v) is 8.49. The number of benzene rings is 10. The van der Waals surface area contributed by atoms with E-state index >= 15 is 0 Å². The molecule has 2 nitrogen and oxygen atoms in total. The van der Waals surface area contributed by atoms with E-state index in [2.05, 4.69) is 217 Å². The predicted molar refractivity (Wildman–Crippen MR) is 245 cm³/mol. The minimum atomic E-state index is 0.900. The van der Waals surface area contributed by atoms with E-state index in [1.807, 2.05) is 12.1 Å². The highest BCUT2D eigenvalue weighted by Crippen LogP contribution is 2.41. The van der Waals surface area contributed by atoms with Crippen molar-refractivity contribution in [1.82, 2.24) is 0 Å². The van der Waals surface area contributed by atoms with Crippen molar-refractivity contribution in [3.63, 3.8) is 0 Å². The average Bonchev–Trinajstić information content (AvgIpc) is 3.68. The molecule has 0 saturated carbocycles. The van der Waals surface area contributed by atoms with Crippen LogP contribution in [0.15, 0.2) is 229 Å². The topological polar surface area (TPSA) is 16.4 Å². The number of para-hydroxylation sites is 1. The Balaban J connectivity index is 0.996. The van der Waals surface area contributed by atoms with Crippen LogP contribution in [0.2, 0.25) is 0 Å². The number of rotatable bonds is 7. The van der Waals surface area contributed by atoms with Gasteiger partial charge < -0.3 is 9.32 Å². The Morgan fingerprint density at radius 1 is 0.276 bits per heavy atom. The van der Waals surface area contributed by atoms with Gasteiger partial charge >= 0.3 is 0 Å². The molecular formula is C56H37NO. The summed E-state index contributed by atoms with van der Waals surface area (Å²) >= 11 is 0. The average molecular weight is 740 g/mol. The lowest BCUT2D eigenvalue weighted by molar-refractivity contribution is 0.669. The van der Waals surface area contributed by atoms with Crippen LogP contribution < -0.4 is 4.90 Å². The number of furan rings is 1. The number of fused-ring (bicyclic) bond motifs is 5. The molecule has 0 atom stereocenters. The number of hydrogen-bond acceptors (Lipinski definition) is 2. The van der Waals surface area contributed by atoms with Gasteiger partial charge in [0.15, 0.2) is 0 Å². The van der Waals surface area contributed by atoms with E-state index in [0.29, 0.717) is 0 Å². The molecule has 0 radical (unpaired) electrons. The van der Waals surface area contributed by atoms with Crippen LogP contribution in [0.4, 0.5) is 17.1 Å². The van der Waals surface area contributed by atoms with Gasteiger partial charge in [-0.15, -0.1) is 0 Å². The second kappa shape index (κ2) is 14.1. The van der Waals surface area contributed by atoms with Crippen molar-refractivity contribution in [2.75, 3.05) is 4.90 Å². The first-order chi connectivity index (χ1) is 28.7. The molecule has 2 heteroatoms. The minimum absolute atomic E-state index is 0.900. The van der Waals surface area contributed by atoms with Crippen molar-refractivity contribution in [3.05, 3.63) is 224 Å². The van der Waals surface area contributed by atoms with Crippen molar-refractivity contribution in [1.29, 1.82) is 0 Å². The molecular weight excluding hydrogens is 703 g/mol. The van der Waals surface area contributed by atoms with Crippen molar-refractivity contribution in [2.45, 2.75) is 0 Å². The van der Waals surface area contributed by atoms with Crippen LogP contribution in [0.5, 0.6) is 0 Å². The normalized spacial score (nSPS) is 11.4. The highest BCUT2D eigenvalue weighted by Gasteiger charge is 2.17. The fraction of sp³-hybridized carbons (Fsp3) is 0. The molecule has 0 spiro atoms. The van der Waals surface area contributed by atoms with E-state index in [-0.39, 0.29) is 0 Å². The van der Waals surface area contributed by atoms with Crippen molar-refractivity contribution in [2.24, 2.45) is 0 Å². The van der Waals surface area contributed by atoms with Crippen LogP contribution in [0, 0.1) is 0 Å². The Hall–Kier alpha value is -7.68. The van der Waals surface area contributed by atoms with Gasteiger partial charge in [-0.1, -0.05) is 164 Å². The Morgan fingerprint density at radius 2 is 0.741 bits per heavy atom. The summed E-state index contributed by atoms with van der Waals surface area (Å²) in [5.74, 6) is 0. The van der Waals surface area contributed by atoms with Gasteiger partial charge in [-0.2, -0.15) is 0 Å². The van der Waals surface area contributed by atoms with E-state index in [9.17, 15) is 0 Å². The lowest BCUT2D eigenvalue weighted by atomic mass is 9.97. The molecule has 0 aliphatic rings. The molecule has 0 bridgehead atoms. The quantitative estimate of drug-likeness (QED) is 0.162. The van der Waals surface area contributed by atoms with Gasteiger partial charge in [0, 0.05) is 27.8 Å². The number of hydrogen-bond donors (Lipinski definition) is 0. The third-order valence-corrected chi connectivity index (χ3v) is 11.4. The van der Waals surface area contributed by atoms with Gasteiger partial charge in [-0.05, 0) is 127 Å². The van der Waals surface area contributed by atoms with Crippen LogP contribution in [-0.2, 0) is 0 Å². The molecule has 11 aromatic rings. The fourth-order valence-electron chi connectivity index (χ4n) is 8.49. The molecule has 1 aromatic heterocycles. The van der Waals surface area contributed by atoms with Gasteiger partial charge in [0.05, 0.1) is 0 Å². The molecule has 0 unspecified atom stereocenters. The predicted octanol–water partition coefficient (Wildman–Crippen LogP) is 16.0. The van der Waals surface area contributed by atoms with Crippen LogP contribution >= 0.6 is 0 Å². The lowest BCUT2D eigenvalue weighted by Gasteiger charge is -2.27. The zero-order chi connectivity index (χ0) is 38.4. The van der Waals surface area contributed by atoms with Gasteiger partial charge in [-0.25, -0.2) is 0 Å². The molecule has 272 valence electrons. The summed E-state index contributed by atoms with van der Waals surface area (Å²) in [6.45, 7) is 0. The summed E-state index contributed by atoms with van der Waals surface area (Å²) in [4.78, 5) is 2.37. The third-order valence-electron chi connectivity index (χ3n) is 11.4. The Morgan fingerprint density at radius 3 is 1.38 bits per heavy atom. The Kier molecular flexibility index (Phi) is 8.19. The number of anilines is 3. The monoisotopic (exact) mass is 739 g/mol. The third kappa shape index (κ3) is 6.09. The molecule has 1 heterocycles. The first kappa shape index (κ1) is 33.6. The van der Waals surface area contributed by atoms with E-state index < -0.39 is 0 Å². The second-order valence-corrected chi connectivity index (χ2v) is 15.0. The Labute approximate surface area is 337 Å². The molecule has 0 N–H and O–H groups in total. The zero-order valence-electron chi connectivity index (χ0n) is 31.7. The molecule has 10 aromatic carbocycles. The highest BCUT2D eigenvalue weighted by atomic mass is 16.3. The van der Waals surface area contributed by atoms with E-state index in [0.717, 1.165) is 55.7 Å². The number of nitrogens with zero attached hydrogens (tertiary/aromatic N) is 1. The van der Waals surface area contributed by atoms with Crippen LogP contribution in [0.25, 0.3) is 88.0 Å². The first-order valence-corrected chi connectivity index (χ1v) is 19.8. The van der Waals surface area contributed by atoms with E-state index in [1.54, 1.807) is 0 Å². The van der Waals surface area contributed by atoms with Crippen LogP contribution in [-0.4, -0.2) is 0 Å². The second-order valence-electron chi connectivity index (χ2n) is 15.0.